The van der Waals surface area contributed by atoms with Gasteiger partial charge < -0.3 is 10.0 Å². The number of carboxylic acid groups (broad SMARTS) is 1. The van der Waals surface area contributed by atoms with E-state index in [0.29, 0.717) is 0 Å². The van der Waals surface area contributed by atoms with Crippen LogP contribution in [0.1, 0.15) is 19.8 Å². The molecule has 1 aliphatic heterocycles. The Bertz CT molecular complexity index is 411. The van der Waals surface area contributed by atoms with Crippen LogP contribution in [0.5, 0.6) is 0 Å². The molecule has 1 N–H and O–H groups in total. The topological polar surface area (TPSA) is 57.6 Å². The Morgan fingerprint density at radius 3 is 2.17 bits per heavy atom. The van der Waals surface area contributed by atoms with E-state index in [1.165, 1.54) is 0 Å². The first kappa shape index (κ1) is 14.4. The maximum atomic E-state index is 12.2. The molecule has 1 saturated heterocycles. The summed E-state index contributed by atoms with van der Waals surface area (Å²) in [4.78, 5) is 22.0. The molecule has 1 heterocycles. The predicted molar refractivity (Wildman–Crippen MR) is 55.4 cm³/mol. The average molecular weight is 263 g/mol. The molecule has 18 heavy (non-hydrogen) atoms. The lowest BCUT2D eigenvalue weighted by Crippen LogP contribution is -2.47. The van der Waals surface area contributed by atoms with Gasteiger partial charge in [-0.15, -0.1) is 0 Å². The van der Waals surface area contributed by atoms with Crippen molar-refractivity contribution in [1.82, 2.24) is 4.90 Å². The van der Waals surface area contributed by atoms with E-state index in [0.717, 1.165) is 4.90 Å². The summed E-state index contributed by atoms with van der Waals surface area (Å²) in [5, 5.41) is 8.42. The number of halogens is 3. The predicted octanol–water partition coefficient (Wildman–Crippen LogP) is 1.27. The number of hydrogen-bond acceptors (Lipinski definition) is 2. The highest BCUT2D eigenvalue weighted by atomic mass is 19.4. The van der Waals surface area contributed by atoms with Gasteiger partial charge in [0.2, 0.25) is 0 Å². The highest BCUT2D eigenvalue weighted by Crippen LogP contribution is 2.31. The Hall–Kier alpha value is -1.71. The fraction of sp³-hybridized carbons (Fsp3) is 0.636. The van der Waals surface area contributed by atoms with Gasteiger partial charge in [0, 0.05) is 24.4 Å². The third-order valence-electron chi connectivity index (χ3n) is 2.87. The van der Waals surface area contributed by atoms with Gasteiger partial charge >= 0.3 is 18.1 Å². The van der Waals surface area contributed by atoms with Crippen molar-refractivity contribution in [3.63, 3.8) is 0 Å². The van der Waals surface area contributed by atoms with E-state index in [2.05, 4.69) is 5.92 Å². The number of nitrogens with zero attached hydrogens (tertiary/aromatic N) is 1. The largest absolute Gasteiger partial charge is 0.472 e. The van der Waals surface area contributed by atoms with Crippen molar-refractivity contribution < 1.29 is 27.9 Å². The zero-order valence-electron chi connectivity index (χ0n) is 9.67. The van der Waals surface area contributed by atoms with Crippen molar-refractivity contribution in [2.45, 2.75) is 25.9 Å². The van der Waals surface area contributed by atoms with Crippen LogP contribution in [0.3, 0.4) is 0 Å². The minimum atomic E-state index is -4.86. The first-order chi connectivity index (χ1) is 8.14. The molecule has 0 aromatic heterocycles. The van der Waals surface area contributed by atoms with E-state index in [4.69, 9.17) is 5.11 Å². The Kier molecular flexibility index (Phi) is 3.89. The number of carbonyl (C=O) groups is 2. The second-order valence-corrected chi connectivity index (χ2v) is 4.41. The molecule has 1 rings (SSSR count). The fourth-order valence-electron chi connectivity index (χ4n) is 1.71. The van der Waals surface area contributed by atoms with E-state index in [1.54, 1.807) is 6.92 Å². The van der Waals surface area contributed by atoms with E-state index in [1.807, 2.05) is 5.92 Å². The maximum Gasteiger partial charge on any atom is 0.471 e. The Balaban J connectivity index is 2.64. The molecule has 0 unspecified atom stereocenters. The van der Waals surface area contributed by atoms with E-state index in [-0.39, 0.29) is 25.9 Å². The van der Waals surface area contributed by atoms with Crippen LogP contribution in [-0.2, 0) is 9.59 Å². The summed E-state index contributed by atoms with van der Waals surface area (Å²) in [5.74, 6) is 1.37. The SMILES string of the molecule is CC1(C#CC(=O)O)CCN(C(=O)C(F)(F)F)CC1. The molecule has 4 nitrogen and oxygen atoms in total. The monoisotopic (exact) mass is 263 g/mol. The number of piperidine rings is 1. The molecular weight excluding hydrogens is 251 g/mol. The van der Waals surface area contributed by atoms with Crippen molar-refractivity contribution in [1.29, 1.82) is 0 Å². The van der Waals surface area contributed by atoms with Gasteiger partial charge in [0.05, 0.1) is 0 Å². The van der Waals surface area contributed by atoms with Gasteiger partial charge in [-0.3, -0.25) is 4.79 Å². The molecule has 7 heteroatoms. The van der Waals surface area contributed by atoms with Crippen LogP contribution in [0.4, 0.5) is 13.2 Å². The number of aliphatic carboxylic acids is 1. The third-order valence-corrected chi connectivity index (χ3v) is 2.87. The van der Waals surface area contributed by atoms with Crippen LogP contribution in [0.15, 0.2) is 0 Å². The first-order valence-corrected chi connectivity index (χ1v) is 5.26. The van der Waals surface area contributed by atoms with Gasteiger partial charge in [-0.1, -0.05) is 5.92 Å². The van der Waals surface area contributed by atoms with Gasteiger partial charge in [-0.2, -0.15) is 13.2 Å². The van der Waals surface area contributed by atoms with Gasteiger partial charge in [-0.05, 0) is 19.8 Å². The van der Waals surface area contributed by atoms with Crippen molar-refractivity contribution in [2.24, 2.45) is 5.41 Å². The number of likely N-dealkylation sites (tertiary alicyclic amines) is 1. The second-order valence-electron chi connectivity index (χ2n) is 4.41. The molecule has 1 fully saturated rings. The number of rotatable bonds is 0. The molecule has 0 aliphatic carbocycles. The Labute approximate surface area is 102 Å². The summed E-state index contributed by atoms with van der Waals surface area (Å²) < 4.78 is 36.5. The van der Waals surface area contributed by atoms with Crippen LogP contribution in [0.25, 0.3) is 0 Å². The smallest absolute Gasteiger partial charge is 0.471 e. The first-order valence-electron chi connectivity index (χ1n) is 5.26. The summed E-state index contributed by atoms with van der Waals surface area (Å²) >= 11 is 0. The molecule has 1 amide bonds. The lowest BCUT2D eigenvalue weighted by atomic mass is 9.81. The highest BCUT2D eigenvalue weighted by Gasteiger charge is 2.44. The van der Waals surface area contributed by atoms with E-state index < -0.39 is 23.5 Å². The van der Waals surface area contributed by atoms with Gasteiger partial charge in [0.25, 0.3) is 0 Å². The van der Waals surface area contributed by atoms with Crippen LogP contribution in [0, 0.1) is 17.3 Å². The summed E-state index contributed by atoms with van der Waals surface area (Å²) in [6.45, 7) is 1.55. The van der Waals surface area contributed by atoms with E-state index >= 15 is 0 Å². The van der Waals surface area contributed by atoms with Gasteiger partial charge in [0.15, 0.2) is 0 Å². The number of carbonyl (C=O) groups excluding carboxylic acids is 1. The van der Waals surface area contributed by atoms with Gasteiger partial charge in [-0.25, -0.2) is 4.79 Å². The summed E-state index contributed by atoms with van der Waals surface area (Å²) in [6, 6.07) is 0. The second kappa shape index (κ2) is 4.88. The summed E-state index contributed by atoms with van der Waals surface area (Å²) in [7, 11) is 0. The lowest BCUT2D eigenvalue weighted by Gasteiger charge is -2.36. The highest BCUT2D eigenvalue weighted by molar-refractivity contribution is 5.86. The zero-order chi connectivity index (χ0) is 14.0. The molecule has 0 radical (unpaired) electrons. The van der Waals surface area contributed by atoms with Crippen molar-refractivity contribution in [3.05, 3.63) is 0 Å². The van der Waals surface area contributed by atoms with Crippen molar-refractivity contribution in [3.8, 4) is 11.8 Å². The Morgan fingerprint density at radius 1 is 1.28 bits per heavy atom. The lowest BCUT2D eigenvalue weighted by molar-refractivity contribution is -0.187. The molecule has 0 saturated carbocycles. The normalized spacial score (nSPS) is 18.8. The molecule has 100 valence electrons. The van der Waals surface area contributed by atoms with Crippen LogP contribution in [0.2, 0.25) is 0 Å². The maximum absolute atomic E-state index is 12.2. The third kappa shape index (κ3) is 3.65. The number of amides is 1. The number of carboxylic acids is 1. The minimum absolute atomic E-state index is 0.0663. The average Bonchev–Trinajstić information content (AvgIpc) is 2.26. The molecular formula is C11H12F3NO3. The van der Waals surface area contributed by atoms with Crippen LogP contribution >= 0.6 is 0 Å². The van der Waals surface area contributed by atoms with Crippen molar-refractivity contribution in [2.75, 3.05) is 13.1 Å². The standard InChI is InChI=1S/C11H12F3NO3/c1-10(3-2-8(16)17)4-6-15(7-5-10)9(18)11(12,13)14/h4-7H2,1H3,(H,16,17). The minimum Gasteiger partial charge on any atom is -0.472 e. The molecule has 0 aromatic rings. The number of hydrogen-bond donors (Lipinski definition) is 1. The fourth-order valence-corrected chi connectivity index (χ4v) is 1.71. The molecule has 0 aromatic carbocycles. The molecule has 1 aliphatic rings. The van der Waals surface area contributed by atoms with Crippen LogP contribution in [-0.4, -0.2) is 41.1 Å². The molecule has 0 atom stereocenters. The van der Waals surface area contributed by atoms with Gasteiger partial charge in [0.1, 0.15) is 0 Å². The van der Waals surface area contributed by atoms with Crippen molar-refractivity contribution >= 4 is 11.9 Å². The Morgan fingerprint density at radius 2 is 1.78 bits per heavy atom. The zero-order valence-corrected chi connectivity index (χ0v) is 9.67. The molecule has 0 spiro atoms. The van der Waals surface area contributed by atoms with E-state index in [9.17, 15) is 22.8 Å². The molecule has 0 bridgehead atoms. The number of alkyl halides is 3. The summed E-state index contributed by atoms with van der Waals surface area (Å²) in [6.07, 6.45) is -4.40. The van der Waals surface area contributed by atoms with Crippen LogP contribution < -0.4 is 0 Å². The quantitative estimate of drug-likeness (QED) is 0.669. The summed E-state index contributed by atoms with van der Waals surface area (Å²) in [5.41, 5.74) is -0.652.